The fraction of sp³-hybridized carbons (Fsp3) is 0.100. The predicted octanol–water partition coefficient (Wildman–Crippen LogP) is 3.71. The van der Waals surface area contributed by atoms with Crippen LogP contribution < -0.4 is 11.2 Å². The molecule has 0 spiro atoms. The second-order valence-electron chi connectivity index (χ2n) is 6.11. The van der Waals surface area contributed by atoms with Gasteiger partial charge in [-0.1, -0.05) is 29.8 Å². The van der Waals surface area contributed by atoms with Crippen LogP contribution in [0.4, 0.5) is 4.39 Å². The Kier molecular flexibility index (Phi) is 4.05. The van der Waals surface area contributed by atoms with Gasteiger partial charge < -0.3 is 0 Å². The van der Waals surface area contributed by atoms with Crippen LogP contribution in [0.15, 0.2) is 69.6 Å². The van der Waals surface area contributed by atoms with E-state index in [0.717, 1.165) is 15.7 Å². The molecule has 4 aromatic rings. The van der Waals surface area contributed by atoms with E-state index in [9.17, 15) is 14.0 Å². The third-order valence-electron chi connectivity index (χ3n) is 4.30. The third-order valence-corrected chi connectivity index (χ3v) is 5.19. The molecule has 0 radical (unpaired) electrons. The number of hydrogen-bond donors (Lipinski definition) is 0. The number of nitrogens with zero attached hydrogens (tertiary/aromatic N) is 2. The van der Waals surface area contributed by atoms with E-state index in [2.05, 4.69) is 0 Å². The number of aryl methyl sites for hydroxylation is 1. The van der Waals surface area contributed by atoms with Crippen LogP contribution in [0.2, 0.25) is 0 Å². The molecule has 26 heavy (non-hydrogen) atoms. The normalized spacial score (nSPS) is 11.2. The van der Waals surface area contributed by atoms with Crippen molar-refractivity contribution in [3.8, 4) is 5.69 Å². The van der Waals surface area contributed by atoms with Crippen molar-refractivity contribution in [1.29, 1.82) is 0 Å². The zero-order valence-corrected chi connectivity index (χ0v) is 14.8. The second-order valence-corrected chi connectivity index (χ2v) is 7.02. The van der Waals surface area contributed by atoms with E-state index in [1.165, 1.54) is 35.6 Å². The van der Waals surface area contributed by atoms with Gasteiger partial charge in [0.25, 0.3) is 5.56 Å². The Hall–Kier alpha value is -2.99. The first-order chi connectivity index (χ1) is 12.5. The molecule has 0 unspecified atom stereocenters. The van der Waals surface area contributed by atoms with Gasteiger partial charge in [0, 0.05) is 0 Å². The molecule has 0 saturated carbocycles. The zero-order valence-electron chi connectivity index (χ0n) is 14.0. The summed E-state index contributed by atoms with van der Waals surface area (Å²) >= 11 is 1.29. The summed E-state index contributed by atoms with van der Waals surface area (Å²) in [5, 5.41) is 1.80. The van der Waals surface area contributed by atoms with Crippen molar-refractivity contribution in [2.24, 2.45) is 0 Å². The Bertz CT molecular complexity index is 1200. The molecule has 0 aliphatic heterocycles. The van der Waals surface area contributed by atoms with Gasteiger partial charge in [0.05, 0.1) is 17.7 Å². The van der Waals surface area contributed by atoms with E-state index >= 15 is 0 Å². The fourth-order valence-electron chi connectivity index (χ4n) is 2.93. The van der Waals surface area contributed by atoms with Crippen molar-refractivity contribution in [1.82, 2.24) is 9.13 Å². The highest BCUT2D eigenvalue weighted by Crippen LogP contribution is 2.18. The SMILES string of the molecule is Cc1ccc(Cn2c(=O)n(-c3ccc(F)cc3)c(=O)c3sccc32)cc1. The quantitative estimate of drug-likeness (QED) is 0.555. The van der Waals surface area contributed by atoms with Crippen molar-refractivity contribution in [2.75, 3.05) is 0 Å². The van der Waals surface area contributed by atoms with E-state index < -0.39 is 11.5 Å². The number of aromatic nitrogens is 2. The molecule has 0 amide bonds. The Morgan fingerprint density at radius 2 is 1.65 bits per heavy atom. The van der Waals surface area contributed by atoms with Crippen LogP contribution in [0.5, 0.6) is 0 Å². The van der Waals surface area contributed by atoms with Crippen molar-refractivity contribution >= 4 is 21.6 Å². The van der Waals surface area contributed by atoms with Crippen molar-refractivity contribution < 1.29 is 4.39 Å². The second kappa shape index (κ2) is 6.38. The number of halogens is 1. The number of benzene rings is 2. The molecule has 2 heterocycles. The van der Waals surface area contributed by atoms with Crippen LogP contribution in [0.25, 0.3) is 15.9 Å². The van der Waals surface area contributed by atoms with Gasteiger partial charge in [0.1, 0.15) is 10.5 Å². The van der Waals surface area contributed by atoms with Gasteiger partial charge in [0.2, 0.25) is 0 Å². The highest BCUT2D eigenvalue weighted by molar-refractivity contribution is 7.17. The topological polar surface area (TPSA) is 44.0 Å². The van der Waals surface area contributed by atoms with Crippen molar-refractivity contribution in [3.63, 3.8) is 0 Å². The monoisotopic (exact) mass is 366 g/mol. The third kappa shape index (κ3) is 2.78. The minimum absolute atomic E-state index is 0.355. The molecule has 0 N–H and O–H groups in total. The Labute approximate surface area is 152 Å². The molecule has 0 fully saturated rings. The van der Waals surface area contributed by atoms with Crippen LogP contribution in [0, 0.1) is 12.7 Å². The lowest BCUT2D eigenvalue weighted by atomic mass is 10.1. The average molecular weight is 366 g/mol. The standard InChI is InChI=1S/C20H15FN2O2S/c1-13-2-4-14(5-3-13)12-22-17-10-11-26-18(17)19(24)23(20(22)25)16-8-6-15(21)7-9-16/h2-11H,12H2,1H3. The summed E-state index contributed by atoms with van der Waals surface area (Å²) in [4.78, 5) is 25.9. The molecule has 4 rings (SSSR count). The van der Waals surface area contributed by atoms with Gasteiger partial charge in [-0.3, -0.25) is 9.36 Å². The van der Waals surface area contributed by atoms with Gasteiger partial charge in [-0.2, -0.15) is 0 Å². The molecule has 0 aliphatic carbocycles. The number of rotatable bonds is 3. The Morgan fingerprint density at radius 1 is 0.962 bits per heavy atom. The molecule has 0 bridgehead atoms. The summed E-state index contributed by atoms with van der Waals surface area (Å²) in [6.45, 7) is 2.36. The summed E-state index contributed by atoms with van der Waals surface area (Å²) in [6.07, 6.45) is 0. The largest absolute Gasteiger partial charge is 0.336 e. The summed E-state index contributed by atoms with van der Waals surface area (Å²) in [5.41, 5.74) is 2.26. The molecule has 2 aromatic carbocycles. The number of fused-ring (bicyclic) bond motifs is 1. The molecule has 0 aliphatic rings. The summed E-state index contributed by atoms with van der Waals surface area (Å²) in [7, 11) is 0. The minimum atomic E-state index is -0.437. The first-order valence-electron chi connectivity index (χ1n) is 8.09. The van der Waals surface area contributed by atoms with E-state index in [4.69, 9.17) is 0 Å². The smallest absolute Gasteiger partial charge is 0.288 e. The summed E-state index contributed by atoms with van der Waals surface area (Å²) in [6, 6.07) is 15.0. The van der Waals surface area contributed by atoms with E-state index in [1.807, 2.05) is 31.2 Å². The predicted molar refractivity (Wildman–Crippen MR) is 102 cm³/mol. The molecule has 6 heteroatoms. The van der Waals surface area contributed by atoms with E-state index in [1.54, 1.807) is 16.0 Å². The maximum atomic E-state index is 13.2. The number of thiophene rings is 1. The highest BCUT2D eigenvalue weighted by atomic mass is 32.1. The highest BCUT2D eigenvalue weighted by Gasteiger charge is 2.16. The van der Waals surface area contributed by atoms with E-state index in [-0.39, 0.29) is 5.56 Å². The fourth-order valence-corrected chi connectivity index (χ4v) is 3.76. The van der Waals surface area contributed by atoms with Gasteiger partial charge >= 0.3 is 5.69 Å². The van der Waals surface area contributed by atoms with E-state index in [0.29, 0.717) is 22.4 Å². The molecule has 2 aromatic heterocycles. The van der Waals surface area contributed by atoms with Crippen LogP contribution in [-0.2, 0) is 6.54 Å². The lowest BCUT2D eigenvalue weighted by molar-refractivity contribution is 0.626. The van der Waals surface area contributed by atoms with Crippen LogP contribution >= 0.6 is 11.3 Å². The summed E-state index contributed by atoms with van der Waals surface area (Å²) in [5.74, 6) is -0.418. The first-order valence-corrected chi connectivity index (χ1v) is 8.97. The lowest BCUT2D eigenvalue weighted by Gasteiger charge is -2.12. The van der Waals surface area contributed by atoms with Gasteiger partial charge in [-0.05, 0) is 48.2 Å². The molecule has 4 nitrogen and oxygen atoms in total. The van der Waals surface area contributed by atoms with Crippen LogP contribution in [-0.4, -0.2) is 9.13 Å². The first kappa shape index (κ1) is 16.5. The molecule has 130 valence electrons. The summed E-state index contributed by atoms with van der Waals surface area (Å²) < 4.78 is 16.4. The van der Waals surface area contributed by atoms with Crippen molar-refractivity contribution in [2.45, 2.75) is 13.5 Å². The minimum Gasteiger partial charge on any atom is -0.288 e. The molecule has 0 saturated heterocycles. The molecular weight excluding hydrogens is 351 g/mol. The van der Waals surface area contributed by atoms with Crippen LogP contribution in [0.3, 0.4) is 0 Å². The van der Waals surface area contributed by atoms with Gasteiger partial charge in [0.15, 0.2) is 0 Å². The Balaban J connectivity index is 1.96. The van der Waals surface area contributed by atoms with Crippen LogP contribution in [0.1, 0.15) is 11.1 Å². The maximum absolute atomic E-state index is 13.2. The van der Waals surface area contributed by atoms with Gasteiger partial charge in [-0.25, -0.2) is 13.8 Å². The molecular formula is C20H15FN2O2S. The van der Waals surface area contributed by atoms with Gasteiger partial charge in [-0.15, -0.1) is 11.3 Å². The van der Waals surface area contributed by atoms with Crippen molar-refractivity contribution in [3.05, 3.63) is 97.8 Å². The maximum Gasteiger partial charge on any atom is 0.336 e. The average Bonchev–Trinajstić information content (AvgIpc) is 3.12. The number of hydrogen-bond acceptors (Lipinski definition) is 3. The lowest BCUT2D eigenvalue weighted by Crippen LogP contribution is -2.38. The molecule has 0 atom stereocenters. The Morgan fingerprint density at radius 3 is 2.35 bits per heavy atom. The zero-order chi connectivity index (χ0) is 18.3.